The summed E-state index contributed by atoms with van der Waals surface area (Å²) in [5.41, 5.74) is 6.51. The number of nitrogens with zero attached hydrogens (tertiary/aromatic N) is 4. The van der Waals surface area contributed by atoms with Gasteiger partial charge in [-0.2, -0.15) is 4.98 Å². The van der Waals surface area contributed by atoms with Crippen molar-refractivity contribution < 1.29 is 14.9 Å². The SMILES string of the molecule is C#CC1(Cl)C(CO)[C@@H](CO)O[C@H]1n1cnc2cnc(N)nc21. The van der Waals surface area contributed by atoms with E-state index in [1.54, 1.807) is 4.57 Å². The van der Waals surface area contributed by atoms with Gasteiger partial charge in [-0.25, -0.2) is 9.97 Å². The van der Waals surface area contributed by atoms with E-state index in [9.17, 15) is 10.2 Å². The third-order valence-electron chi connectivity index (χ3n) is 3.84. The molecule has 4 N–H and O–H groups in total. The average molecular weight is 324 g/mol. The Hall–Kier alpha value is -1.92. The lowest BCUT2D eigenvalue weighted by Gasteiger charge is -2.27. The van der Waals surface area contributed by atoms with Gasteiger partial charge in [0.25, 0.3) is 0 Å². The third-order valence-corrected chi connectivity index (χ3v) is 4.41. The van der Waals surface area contributed by atoms with Gasteiger partial charge in [0.05, 0.1) is 31.8 Å². The molecule has 0 saturated carbocycles. The normalized spacial score (nSPS) is 31.5. The summed E-state index contributed by atoms with van der Waals surface area (Å²) in [5.74, 6) is 1.91. The van der Waals surface area contributed by atoms with Crippen LogP contribution in [0.25, 0.3) is 11.2 Å². The zero-order valence-corrected chi connectivity index (χ0v) is 12.2. The van der Waals surface area contributed by atoms with Crippen molar-refractivity contribution in [2.24, 2.45) is 5.92 Å². The molecular weight excluding hydrogens is 310 g/mol. The van der Waals surface area contributed by atoms with Crippen molar-refractivity contribution in [3.8, 4) is 12.3 Å². The molecule has 116 valence electrons. The molecule has 22 heavy (non-hydrogen) atoms. The van der Waals surface area contributed by atoms with Crippen LogP contribution in [0, 0.1) is 18.3 Å². The average Bonchev–Trinajstić information content (AvgIpc) is 3.05. The number of alkyl halides is 1. The highest BCUT2D eigenvalue weighted by molar-refractivity contribution is 6.26. The molecule has 3 heterocycles. The molecule has 1 aliphatic rings. The molecule has 8 nitrogen and oxygen atoms in total. The van der Waals surface area contributed by atoms with Crippen molar-refractivity contribution in [1.29, 1.82) is 0 Å². The van der Waals surface area contributed by atoms with E-state index in [1.807, 2.05) is 0 Å². The summed E-state index contributed by atoms with van der Waals surface area (Å²) >= 11 is 6.54. The van der Waals surface area contributed by atoms with Gasteiger partial charge >= 0.3 is 0 Å². The quantitative estimate of drug-likeness (QED) is 0.515. The molecule has 0 spiro atoms. The summed E-state index contributed by atoms with van der Waals surface area (Å²) in [6, 6.07) is 0. The molecule has 0 radical (unpaired) electrons. The molecule has 2 aromatic heterocycles. The van der Waals surface area contributed by atoms with Crippen LogP contribution in [0.4, 0.5) is 5.95 Å². The number of anilines is 1. The third kappa shape index (κ3) is 2.02. The first-order valence-corrected chi connectivity index (χ1v) is 6.91. The molecule has 0 aromatic carbocycles. The van der Waals surface area contributed by atoms with Gasteiger partial charge in [0, 0.05) is 5.92 Å². The van der Waals surface area contributed by atoms with E-state index in [-0.39, 0.29) is 19.2 Å². The highest BCUT2D eigenvalue weighted by atomic mass is 35.5. The van der Waals surface area contributed by atoms with Crippen LogP contribution in [-0.4, -0.2) is 53.9 Å². The van der Waals surface area contributed by atoms with Gasteiger partial charge in [-0.1, -0.05) is 17.5 Å². The van der Waals surface area contributed by atoms with Crippen molar-refractivity contribution in [3.05, 3.63) is 12.5 Å². The Morgan fingerprint density at radius 1 is 1.45 bits per heavy atom. The van der Waals surface area contributed by atoms with E-state index in [2.05, 4.69) is 20.9 Å². The van der Waals surface area contributed by atoms with Crippen LogP contribution < -0.4 is 5.73 Å². The number of hydrogen-bond donors (Lipinski definition) is 3. The van der Waals surface area contributed by atoms with Crippen molar-refractivity contribution in [2.45, 2.75) is 17.2 Å². The first-order chi connectivity index (χ1) is 10.5. The van der Waals surface area contributed by atoms with Gasteiger partial charge in [0.15, 0.2) is 16.7 Å². The Morgan fingerprint density at radius 3 is 2.86 bits per heavy atom. The number of hydrogen-bond acceptors (Lipinski definition) is 7. The van der Waals surface area contributed by atoms with E-state index in [1.165, 1.54) is 12.5 Å². The molecule has 4 atom stereocenters. The smallest absolute Gasteiger partial charge is 0.222 e. The highest BCUT2D eigenvalue weighted by Crippen LogP contribution is 2.47. The van der Waals surface area contributed by atoms with Crippen LogP contribution in [0.3, 0.4) is 0 Å². The number of aliphatic hydroxyl groups excluding tert-OH is 2. The lowest BCUT2D eigenvalue weighted by Crippen LogP contribution is -2.38. The van der Waals surface area contributed by atoms with Crippen molar-refractivity contribution in [1.82, 2.24) is 19.5 Å². The number of imidazole rings is 1. The minimum absolute atomic E-state index is 0.0746. The Bertz CT molecular complexity index is 745. The Balaban J connectivity index is 2.13. The fourth-order valence-corrected chi connectivity index (χ4v) is 3.06. The Labute approximate surface area is 130 Å². The van der Waals surface area contributed by atoms with Crippen molar-refractivity contribution in [2.75, 3.05) is 18.9 Å². The van der Waals surface area contributed by atoms with Gasteiger partial charge in [-0.05, 0) is 0 Å². The fraction of sp³-hybridized carbons (Fsp3) is 0.462. The van der Waals surface area contributed by atoms with Gasteiger partial charge in [0.1, 0.15) is 5.52 Å². The molecule has 1 saturated heterocycles. The van der Waals surface area contributed by atoms with Crippen molar-refractivity contribution >= 4 is 28.7 Å². The minimum Gasteiger partial charge on any atom is -0.396 e. The summed E-state index contributed by atoms with van der Waals surface area (Å²) in [4.78, 5) is 10.8. The molecule has 0 bridgehead atoms. The standard InChI is InChI=1S/C13H14ClN5O3/c1-2-13(14)7(4-20)9(5-21)22-11(13)19-6-17-8-3-16-12(15)18-10(8)19/h1,3,6-7,9,11,20-21H,4-5H2,(H2,15,16,18)/t7?,9-,11-,13?/m1/s1. The molecule has 2 aromatic rings. The zero-order chi connectivity index (χ0) is 15.9. The number of terminal acetylenes is 1. The first kappa shape index (κ1) is 15.0. The van der Waals surface area contributed by atoms with Gasteiger partial charge < -0.3 is 20.7 Å². The largest absolute Gasteiger partial charge is 0.396 e. The molecule has 0 amide bonds. The van der Waals surface area contributed by atoms with Gasteiger partial charge in [-0.3, -0.25) is 4.57 Å². The lowest BCUT2D eigenvalue weighted by atomic mass is 9.89. The zero-order valence-electron chi connectivity index (χ0n) is 11.4. The molecule has 0 aliphatic carbocycles. The topological polar surface area (TPSA) is 119 Å². The van der Waals surface area contributed by atoms with E-state index < -0.39 is 23.1 Å². The van der Waals surface area contributed by atoms with Crippen LogP contribution in [0.1, 0.15) is 6.23 Å². The monoisotopic (exact) mass is 323 g/mol. The fourth-order valence-electron chi connectivity index (χ4n) is 2.69. The van der Waals surface area contributed by atoms with Crippen LogP contribution in [-0.2, 0) is 4.74 Å². The van der Waals surface area contributed by atoms with Crippen molar-refractivity contribution in [3.63, 3.8) is 0 Å². The van der Waals surface area contributed by atoms with Crippen LogP contribution in [0.15, 0.2) is 12.5 Å². The van der Waals surface area contributed by atoms with E-state index in [0.717, 1.165) is 0 Å². The van der Waals surface area contributed by atoms with E-state index in [0.29, 0.717) is 11.2 Å². The molecule has 1 fully saturated rings. The maximum atomic E-state index is 9.57. The van der Waals surface area contributed by atoms with E-state index >= 15 is 0 Å². The second kappa shape index (κ2) is 5.37. The summed E-state index contributed by atoms with van der Waals surface area (Å²) in [6.07, 6.45) is 6.97. The molecule has 3 rings (SSSR count). The number of nitrogens with two attached hydrogens (primary N) is 1. The van der Waals surface area contributed by atoms with Gasteiger partial charge in [-0.15, -0.1) is 6.42 Å². The summed E-state index contributed by atoms with van der Waals surface area (Å²) in [7, 11) is 0. The van der Waals surface area contributed by atoms with Gasteiger partial charge in [0.2, 0.25) is 5.95 Å². The number of fused-ring (bicyclic) bond motifs is 1. The first-order valence-electron chi connectivity index (χ1n) is 6.54. The maximum Gasteiger partial charge on any atom is 0.222 e. The molecular formula is C13H14ClN5O3. The van der Waals surface area contributed by atoms with Crippen LogP contribution >= 0.6 is 11.6 Å². The number of aliphatic hydroxyl groups is 2. The summed E-state index contributed by atoms with van der Waals surface area (Å²) in [6.45, 7) is -0.638. The molecule has 2 unspecified atom stereocenters. The highest BCUT2D eigenvalue weighted by Gasteiger charge is 2.55. The number of nitrogen functional groups attached to an aromatic ring is 1. The lowest BCUT2D eigenvalue weighted by molar-refractivity contribution is -0.0347. The number of aromatic nitrogens is 4. The molecule has 9 heteroatoms. The minimum atomic E-state index is -1.35. The second-order valence-corrected chi connectivity index (χ2v) is 5.63. The predicted octanol–water partition coefficient (Wildman–Crippen LogP) is -0.483. The van der Waals surface area contributed by atoms with Crippen LogP contribution in [0.5, 0.6) is 0 Å². The summed E-state index contributed by atoms with van der Waals surface area (Å²) < 4.78 is 7.29. The Kier molecular flexibility index (Phi) is 3.66. The maximum absolute atomic E-state index is 9.57. The Morgan fingerprint density at radius 2 is 2.23 bits per heavy atom. The number of ether oxygens (including phenoxy) is 1. The second-order valence-electron chi connectivity index (χ2n) is 5.00. The van der Waals surface area contributed by atoms with Crippen LogP contribution in [0.2, 0.25) is 0 Å². The molecule has 1 aliphatic heterocycles. The number of halogens is 1. The van der Waals surface area contributed by atoms with E-state index in [4.69, 9.17) is 28.5 Å². The predicted molar refractivity (Wildman–Crippen MR) is 78.7 cm³/mol. The summed E-state index contributed by atoms with van der Waals surface area (Å²) in [5, 5.41) is 19.0. The number of rotatable bonds is 3.